The molecule has 0 aromatic heterocycles. The summed E-state index contributed by atoms with van der Waals surface area (Å²) in [5, 5.41) is 22.5. The Labute approximate surface area is 110 Å². The Morgan fingerprint density at radius 3 is 2.68 bits per heavy atom. The lowest BCUT2D eigenvalue weighted by Gasteiger charge is -2.11. The van der Waals surface area contributed by atoms with Crippen molar-refractivity contribution in [3.63, 3.8) is 0 Å². The number of carbonyl (C=O) groups excluding carboxylic acids is 1. The summed E-state index contributed by atoms with van der Waals surface area (Å²) in [7, 11) is 1.49. The van der Waals surface area contributed by atoms with Crippen LogP contribution in [0.4, 0.5) is 10.5 Å². The fraction of sp³-hybridized carbons (Fsp3) is 0.333. The molecule has 0 heterocycles. The van der Waals surface area contributed by atoms with Gasteiger partial charge in [0.25, 0.3) is 0 Å². The molecule has 1 aromatic carbocycles. The highest BCUT2D eigenvalue weighted by molar-refractivity contribution is 5.90. The number of anilines is 1. The molecule has 19 heavy (non-hydrogen) atoms. The number of carboxylic acid groups (broad SMARTS) is 1. The Morgan fingerprint density at radius 1 is 1.37 bits per heavy atom. The molecule has 7 heteroatoms. The summed E-state index contributed by atoms with van der Waals surface area (Å²) in [5.74, 6) is -0.796. The van der Waals surface area contributed by atoms with Gasteiger partial charge in [-0.3, -0.25) is 0 Å². The van der Waals surface area contributed by atoms with E-state index >= 15 is 0 Å². The van der Waals surface area contributed by atoms with Crippen LogP contribution in [0.1, 0.15) is 6.42 Å². The Balaban J connectivity index is 2.41. The molecule has 1 unspecified atom stereocenters. The van der Waals surface area contributed by atoms with Crippen molar-refractivity contribution in [3.8, 4) is 5.75 Å². The number of para-hydroxylation sites is 2. The van der Waals surface area contributed by atoms with Crippen molar-refractivity contribution in [1.29, 1.82) is 0 Å². The van der Waals surface area contributed by atoms with Crippen LogP contribution >= 0.6 is 0 Å². The van der Waals surface area contributed by atoms with Crippen molar-refractivity contribution in [2.24, 2.45) is 0 Å². The van der Waals surface area contributed by atoms with Gasteiger partial charge >= 0.3 is 12.0 Å². The second-order valence-electron chi connectivity index (χ2n) is 3.72. The van der Waals surface area contributed by atoms with Crippen LogP contribution in [-0.2, 0) is 4.79 Å². The number of hydrogen-bond acceptors (Lipinski definition) is 4. The van der Waals surface area contributed by atoms with E-state index in [1.165, 1.54) is 7.11 Å². The van der Waals surface area contributed by atoms with Crippen molar-refractivity contribution in [1.82, 2.24) is 5.32 Å². The Bertz CT molecular complexity index is 450. The molecule has 1 atom stereocenters. The molecular formula is C12H16N2O5. The number of carbonyl (C=O) groups is 2. The van der Waals surface area contributed by atoms with E-state index in [1.54, 1.807) is 24.3 Å². The molecule has 0 spiro atoms. The van der Waals surface area contributed by atoms with E-state index in [0.29, 0.717) is 11.4 Å². The number of carboxylic acids is 1. The molecule has 1 rings (SSSR count). The van der Waals surface area contributed by atoms with E-state index in [9.17, 15) is 9.59 Å². The van der Waals surface area contributed by atoms with E-state index in [0.717, 1.165) is 0 Å². The fourth-order valence-corrected chi connectivity index (χ4v) is 1.36. The summed E-state index contributed by atoms with van der Waals surface area (Å²) in [6.45, 7) is 0.0500. The summed E-state index contributed by atoms with van der Waals surface area (Å²) in [4.78, 5) is 21.9. The molecule has 1 aromatic rings. The highest BCUT2D eigenvalue weighted by Gasteiger charge is 2.13. The lowest BCUT2D eigenvalue weighted by atomic mass is 10.2. The minimum absolute atomic E-state index is 0.0500. The molecule has 7 nitrogen and oxygen atoms in total. The van der Waals surface area contributed by atoms with E-state index < -0.39 is 18.1 Å². The van der Waals surface area contributed by atoms with Gasteiger partial charge in [-0.15, -0.1) is 0 Å². The molecule has 0 fully saturated rings. The first-order valence-corrected chi connectivity index (χ1v) is 5.63. The number of nitrogens with one attached hydrogen (secondary N) is 2. The van der Waals surface area contributed by atoms with Gasteiger partial charge in [0, 0.05) is 13.0 Å². The number of aliphatic carboxylic acids is 1. The first kappa shape index (κ1) is 14.8. The second kappa shape index (κ2) is 7.22. The second-order valence-corrected chi connectivity index (χ2v) is 3.72. The number of methoxy groups -OCH3 is 1. The molecule has 0 saturated carbocycles. The number of amides is 2. The summed E-state index contributed by atoms with van der Waals surface area (Å²) in [5.41, 5.74) is 0.501. The standard InChI is InChI=1S/C12H16N2O5/c1-19-10-5-3-2-4-8(10)14-12(18)13-7-6-9(15)11(16)17/h2-5,9,15H,6-7H2,1H3,(H,16,17)(H2,13,14,18). The average molecular weight is 268 g/mol. The van der Waals surface area contributed by atoms with Gasteiger partial charge in [-0.1, -0.05) is 12.1 Å². The topological polar surface area (TPSA) is 108 Å². The minimum Gasteiger partial charge on any atom is -0.495 e. The maximum atomic E-state index is 11.5. The molecule has 104 valence electrons. The van der Waals surface area contributed by atoms with Crippen LogP contribution in [0.25, 0.3) is 0 Å². The average Bonchev–Trinajstić information content (AvgIpc) is 2.39. The van der Waals surface area contributed by atoms with Crippen LogP contribution in [0.15, 0.2) is 24.3 Å². The number of benzene rings is 1. The fourth-order valence-electron chi connectivity index (χ4n) is 1.36. The third kappa shape index (κ3) is 4.84. The zero-order valence-electron chi connectivity index (χ0n) is 10.4. The Morgan fingerprint density at radius 2 is 2.05 bits per heavy atom. The zero-order chi connectivity index (χ0) is 14.3. The quantitative estimate of drug-likeness (QED) is 0.606. The first-order chi connectivity index (χ1) is 9.04. The number of ether oxygens (including phenoxy) is 1. The lowest BCUT2D eigenvalue weighted by Crippen LogP contribution is -2.33. The van der Waals surface area contributed by atoms with Crippen molar-refractivity contribution in [3.05, 3.63) is 24.3 Å². The van der Waals surface area contributed by atoms with Crippen molar-refractivity contribution in [2.75, 3.05) is 19.0 Å². The normalized spacial score (nSPS) is 11.5. The smallest absolute Gasteiger partial charge is 0.332 e. The maximum Gasteiger partial charge on any atom is 0.332 e. The van der Waals surface area contributed by atoms with Crippen LogP contribution in [-0.4, -0.2) is 42.0 Å². The van der Waals surface area contributed by atoms with Crippen molar-refractivity contribution in [2.45, 2.75) is 12.5 Å². The highest BCUT2D eigenvalue weighted by Crippen LogP contribution is 2.22. The number of aliphatic hydroxyl groups is 1. The zero-order valence-corrected chi connectivity index (χ0v) is 10.4. The van der Waals surface area contributed by atoms with Gasteiger partial charge in [-0.2, -0.15) is 0 Å². The molecule has 0 bridgehead atoms. The van der Waals surface area contributed by atoms with E-state index in [-0.39, 0.29) is 13.0 Å². The SMILES string of the molecule is COc1ccccc1NC(=O)NCCC(O)C(=O)O. The summed E-state index contributed by atoms with van der Waals surface area (Å²) >= 11 is 0. The highest BCUT2D eigenvalue weighted by atomic mass is 16.5. The molecule has 4 N–H and O–H groups in total. The maximum absolute atomic E-state index is 11.5. The minimum atomic E-state index is -1.48. The molecule has 2 amide bonds. The third-order valence-electron chi connectivity index (χ3n) is 2.34. The third-order valence-corrected chi connectivity index (χ3v) is 2.34. The van der Waals surface area contributed by atoms with Gasteiger partial charge in [0.1, 0.15) is 5.75 Å². The van der Waals surface area contributed by atoms with Gasteiger partial charge in [0.2, 0.25) is 0 Å². The van der Waals surface area contributed by atoms with Crippen molar-refractivity contribution < 1.29 is 24.5 Å². The summed E-state index contributed by atoms with van der Waals surface area (Å²) in [6.07, 6.45) is -1.54. The summed E-state index contributed by atoms with van der Waals surface area (Å²) in [6, 6.07) is 6.38. The van der Waals surface area contributed by atoms with Gasteiger partial charge < -0.3 is 25.6 Å². The number of aliphatic hydroxyl groups excluding tert-OH is 1. The van der Waals surface area contributed by atoms with Gasteiger partial charge in [0.05, 0.1) is 12.8 Å². The van der Waals surface area contributed by atoms with Gasteiger partial charge in [-0.25, -0.2) is 9.59 Å². The molecule has 0 aliphatic rings. The lowest BCUT2D eigenvalue weighted by molar-refractivity contribution is -0.146. The Kier molecular flexibility index (Phi) is 5.62. The molecule has 0 radical (unpaired) electrons. The monoisotopic (exact) mass is 268 g/mol. The predicted octanol–water partition coefficient (Wildman–Crippen LogP) is 0.652. The van der Waals surface area contributed by atoms with Crippen LogP contribution in [0.3, 0.4) is 0 Å². The van der Waals surface area contributed by atoms with Gasteiger partial charge in [-0.05, 0) is 12.1 Å². The largest absolute Gasteiger partial charge is 0.495 e. The van der Waals surface area contributed by atoms with Gasteiger partial charge in [0.15, 0.2) is 6.10 Å². The Hall–Kier alpha value is -2.28. The number of urea groups is 1. The van der Waals surface area contributed by atoms with E-state index in [4.69, 9.17) is 14.9 Å². The molecular weight excluding hydrogens is 252 g/mol. The number of hydrogen-bond donors (Lipinski definition) is 4. The number of rotatable bonds is 6. The van der Waals surface area contributed by atoms with Crippen molar-refractivity contribution >= 4 is 17.7 Å². The van der Waals surface area contributed by atoms with E-state index in [1.807, 2.05) is 0 Å². The predicted molar refractivity (Wildman–Crippen MR) is 68.3 cm³/mol. The van der Waals surface area contributed by atoms with Crippen LogP contribution in [0, 0.1) is 0 Å². The van der Waals surface area contributed by atoms with Crippen LogP contribution < -0.4 is 15.4 Å². The molecule has 0 aliphatic heterocycles. The van der Waals surface area contributed by atoms with E-state index in [2.05, 4.69) is 10.6 Å². The summed E-state index contributed by atoms with van der Waals surface area (Å²) < 4.78 is 5.06. The first-order valence-electron chi connectivity index (χ1n) is 5.63. The van der Waals surface area contributed by atoms with Crippen LogP contribution in [0.2, 0.25) is 0 Å². The molecule has 0 aliphatic carbocycles. The molecule has 0 saturated heterocycles. The van der Waals surface area contributed by atoms with Crippen LogP contribution in [0.5, 0.6) is 5.75 Å².